The van der Waals surface area contributed by atoms with Gasteiger partial charge in [0.05, 0.1) is 26.4 Å². The van der Waals surface area contributed by atoms with E-state index in [4.69, 9.17) is 28.4 Å². The number of carbonyl (C=O) groups is 2. The van der Waals surface area contributed by atoms with Crippen LogP contribution < -0.4 is 28.4 Å². The first-order valence-corrected chi connectivity index (χ1v) is 14.8. The maximum Gasteiger partial charge on any atom is 0.338 e. The molecule has 1 aliphatic carbocycles. The van der Waals surface area contributed by atoms with Crippen molar-refractivity contribution in [2.24, 2.45) is 0 Å². The highest BCUT2D eigenvalue weighted by molar-refractivity contribution is 5.90. The normalized spacial score (nSPS) is 14.0. The van der Waals surface area contributed by atoms with Crippen molar-refractivity contribution in [2.75, 3.05) is 26.4 Å². The Hall–Kier alpha value is -3.94. The Morgan fingerprint density at radius 3 is 1.31 bits per heavy atom. The van der Waals surface area contributed by atoms with E-state index in [-0.39, 0.29) is 22.6 Å². The Kier molecular flexibility index (Phi) is 11.5. The summed E-state index contributed by atoms with van der Waals surface area (Å²) in [5.41, 5.74) is 1.80. The fraction of sp³-hybridized carbons (Fsp3) is 0.471. The van der Waals surface area contributed by atoms with Crippen LogP contribution >= 0.6 is 0 Å². The average Bonchev–Trinajstić information content (AvgIpc) is 2.96. The highest BCUT2D eigenvalue weighted by Gasteiger charge is 2.43. The van der Waals surface area contributed by atoms with E-state index in [0.717, 1.165) is 43.2 Å². The van der Waals surface area contributed by atoms with Gasteiger partial charge in [-0.3, -0.25) is 0 Å². The third-order valence-corrected chi connectivity index (χ3v) is 7.15. The zero-order valence-electron chi connectivity index (χ0n) is 25.9. The zero-order chi connectivity index (χ0) is 30.9. The molecule has 1 saturated carbocycles. The van der Waals surface area contributed by atoms with E-state index in [2.05, 4.69) is 13.2 Å². The van der Waals surface area contributed by atoms with E-state index in [1.54, 1.807) is 26.0 Å². The molecule has 2 aromatic rings. The summed E-state index contributed by atoms with van der Waals surface area (Å²) in [7, 11) is 0. The summed E-state index contributed by atoms with van der Waals surface area (Å²) in [6, 6.07) is 7.41. The minimum Gasteiger partial charge on any atom is -0.490 e. The zero-order valence-corrected chi connectivity index (χ0v) is 25.9. The number of carbonyl (C=O) groups excluding carboxylic acids is 2. The van der Waals surface area contributed by atoms with Crippen LogP contribution in [0, 0.1) is 0 Å². The van der Waals surface area contributed by atoms with Gasteiger partial charge in [0, 0.05) is 27.7 Å². The van der Waals surface area contributed by atoms with Crippen molar-refractivity contribution in [1.29, 1.82) is 0 Å². The van der Waals surface area contributed by atoms with Gasteiger partial charge in [-0.2, -0.15) is 0 Å². The molecule has 42 heavy (non-hydrogen) atoms. The molecular formula is C34H44O8. The molecule has 0 aromatic heterocycles. The SMILES string of the molecule is C=C(C)C(=O)Oc1ccc(C2(c3ccc(OC(=O)C(=C)C)c(OCC)c3OCC)CCCCC2)c(OCC)c1OCC. The van der Waals surface area contributed by atoms with Crippen molar-refractivity contribution in [2.45, 2.75) is 79.1 Å². The summed E-state index contributed by atoms with van der Waals surface area (Å²) in [6.45, 7) is 19.6. The average molecular weight is 581 g/mol. The molecule has 0 saturated heterocycles. The molecule has 0 aliphatic heterocycles. The molecule has 0 bridgehead atoms. The van der Waals surface area contributed by atoms with Crippen LogP contribution in [0.1, 0.15) is 84.8 Å². The summed E-state index contributed by atoms with van der Waals surface area (Å²) < 4.78 is 36.1. The van der Waals surface area contributed by atoms with Gasteiger partial charge in [-0.15, -0.1) is 0 Å². The molecule has 8 nitrogen and oxygen atoms in total. The Morgan fingerprint density at radius 1 is 0.619 bits per heavy atom. The van der Waals surface area contributed by atoms with Gasteiger partial charge in [0.1, 0.15) is 0 Å². The van der Waals surface area contributed by atoms with Crippen molar-refractivity contribution in [1.82, 2.24) is 0 Å². The molecule has 228 valence electrons. The van der Waals surface area contributed by atoms with Crippen molar-refractivity contribution in [3.63, 3.8) is 0 Å². The van der Waals surface area contributed by atoms with Crippen LogP contribution in [0.5, 0.6) is 34.5 Å². The lowest BCUT2D eigenvalue weighted by molar-refractivity contribution is -0.131. The second-order valence-electron chi connectivity index (χ2n) is 10.3. The number of rotatable bonds is 14. The Bertz CT molecular complexity index is 1210. The largest absolute Gasteiger partial charge is 0.490 e. The van der Waals surface area contributed by atoms with Crippen molar-refractivity contribution >= 4 is 11.9 Å². The second-order valence-corrected chi connectivity index (χ2v) is 10.3. The van der Waals surface area contributed by atoms with Gasteiger partial charge >= 0.3 is 11.9 Å². The molecule has 0 unspecified atom stereocenters. The molecule has 0 amide bonds. The monoisotopic (exact) mass is 580 g/mol. The molecule has 0 radical (unpaired) electrons. The van der Waals surface area contributed by atoms with Crippen molar-refractivity contribution in [3.05, 3.63) is 59.7 Å². The van der Waals surface area contributed by atoms with Crippen LogP contribution in [0.3, 0.4) is 0 Å². The first-order chi connectivity index (χ1) is 20.1. The van der Waals surface area contributed by atoms with Crippen molar-refractivity contribution in [3.8, 4) is 34.5 Å². The Morgan fingerprint density at radius 2 is 0.976 bits per heavy atom. The smallest absolute Gasteiger partial charge is 0.338 e. The molecule has 0 atom stereocenters. The minimum absolute atomic E-state index is 0.269. The molecule has 2 aromatic carbocycles. The van der Waals surface area contributed by atoms with Gasteiger partial charge in [0.15, 0.2) is 23.0 Å². The van der Waals surface area contributed by atoms with Gasteiger partial charge in [-0.1, -0.05) is 44.6 Å². The molecular weight excluding hydrogens is 536 g/mol. The lowest BCUT2D eigenvalue weighted by atomic mass is 9.64. The fourth-order valence-corrected chi connectivity index (χ4v) is 5.35. The summed E-state index contributed by atoms with van der Waals surface area (Å²) in [5, 5.41) is 0. The van der Waals surface area contributed by atoms with E-state index >= 15 is 0 Å². The molecule has 0 spiro atoms. The van der Waals surface area contributed by atoms with Crippen LogP contribution in [0.15, 0.2) is 48.6 Å². The van der Waals surface area contributed by atoms with E-state index in [1.807, 2.05) is 39.8 Å². The summed E-state index contributed by atoms with van der Waals surface area (Å²) in [5.74, 6) is 1.22. The van der Waals surface area contributed by atoms with Crippen LogP contribution in [-0.4, -0.2) is 38.4 Å². The van der Waals surface area contributed by atoms with Crippen LogP contribution in [-0.2, 0) is 15.0 Å². The van der Waals surface area contributed by atoms with E-state index in [9.17, 15) is 9.59 Å². The molecule has 1 aliphatic rings. The number of esters is 2. The van der Waals surface area contributed by atoms with Gasteiger partial charge in [-0.05, 0) is 66.5 Å². The highest BCUT2D eigenvalue weighted by atomic mass is 16.6. The van der Waals surface area contributed by atoms with Crippen LogP contribution in [0.2, 0.25) is 0 Å². The first kappa shape index (κ1) is 32.6. The molecule has 8 heteroatoms. The second kappa shape index (κ2) is 14.8. The van der Waals surface area contributed by atoms with E-state index < -0.39 is 17.4 Å². The minimum atomic E-state index is -0.557. The molecule has 0 heterocycles. The first-order valence-electron chi connectivity index (χ1n) is 14.8. The van der Waals surface area contributed by atoms with E-state index in [1.165, 1.54) is 0 Å². The van der Waals surface area contributed by atoms with Gasteiger partial charge in [-0.25, -0.2) is 9.59 Å². The standard InChI is InChI=1S/C34H44O8/c1-9-37-28-24(16-18-26(30(28)39-11-3)41-32(35)22(5)6)34(20-14-13-15-21-34)25-17-19-27(42-33(36)23(7)8)31(40-12-4)29(25)38-10-2/h16-19H,5,7,9-15,20-21H2,1-4,6,8H3. The maximum atomic E-state index is 12.5. The fourth-order valence-electron chi connectivity index (χ4n) is 5.35. The number of hydrogen-bond donors (Lipinski definition) is 0. The topological polar surface area (TPSA) is 89.5 Å². The highest BCUT2D eigenvalue weighted by Crippen LogP contribution is 2.57. The quantitative estimate of drug-likeness (QED) is 0.129. The van der Waals surface area contributed by atoms with Crippen molar-refractivity contribution < 1.29 is 38.0 Å². The number of ether oxygens (including phenoxy) is 6. The summed E-state index contributed by atoms with van der Waals surface area (Å²) >= 11 is 0. The van der Waals surface area contributed by atoms with Gasteiger partial charge in [0.2, 0.25) is 11.5 Å². The van der Waals surface area contributed by atoms with Crippen LogP contribution in [0.4, 0.5) is 0 Å². The molecule has 0 N–H and O–H groups in total. The number of benzene rings is 2. The predicted octanol–water partition coefficient (Wildman–Crippen LogP) is 7.49. The van der Waals surface area contributed by atoms with Gasteiger partial charge < -0.3 is 28.4 Å². The summed E-state index contributed by atoms with van der Waals surface area (Å²) in [6.07, 6.45) is 4.66. The maximum absolute atomic E-state index is 12.5. The third-order valence-electron chi connectivity index (χ3n) is 7.15. The van der Waals surface area contributed by atoms with Gasteiger partial charge in [0.25, 0.3) is 0 Å². The third kappa shape index (κ3) is 6.92. The number of hydrogen-bond acceptors (Lipinski definition) is 8. The predicted molar refractivity (Wildman–Crippen MR) is 162 cm³/mol. The lowest BCUT2D eigenvalue weighted by Gasteiger charge is -2.41. The Labute approximate surface area is 249 Å². The van der Waals surface area contributed by atoms with Crippen LogP contribution in [0.25, 0.3) is 0 Å². The van der Waals surface area contributed by atoms with E-state index in [0.29, 0.717) is 49.4 Å². The summed E-state index contributed by atoms with van der Waals surface area (Å²) in [4.78, 5) is 25.0. The molecule has 3 rings (SSSR count). The lowest BCUT2D eigenvalue weighted by Crippen LogP contribution is -2.32. The Balaban J connectivity index is 2.36. The molecule has 1 fully saturated rings.